The van der Waals surface area contributed by atoms with Gasteiger partial charge in [0.25, 0.3) is 5.56 Å². The van der Waals surface area contributed by atoms with E-state index in [2.05, 4.69) is 26.3 Å². The average Bonchev–Trinajstić information content (AvgIpc) is 2.52. The van der Waals surface area contributed by atoms with E-state index < -0.39 is 9.84 Å². The van der Waals surface area contributed by atoms with Gasteiger partial charge >= 0.3 is 0 Å². The van der Waals surface area contributed by atoms with E-state index in [4.69, 9.17) is 0 Å². The molecule has 22 heavy (non-hydrogen) atoms. The highest BCUT2D eigenvalue weighted by molar-refractivity contribution is 9.10. The van der Waals surface area contributed by atoms with E-state index in [0.717, 1.165) is 0 Å². The van der Waals surface area contributed by atoms with Gasteiger partial charge in [0.15, 0.2) is 9.84 Å². The van der Waals surface area contributed by atoms with E-state index in [0.29, 0.717) is 28.0 Å². The van der Waals surface area contributed by atoms with Gasteiger partial charge in [-0.25, -0.2) is 13.1 Å². The zero-order valence-electron chi connectivity index (χ0n) is 12.0. The highest BCUT2D eigenvalue weighted by Gasteiger charge is 2.13. The zero-order valence-corrected chi connectivity index (χ0v) is 14.4. The Labute approximate surface area is 137 Å². The lowest BCUT2D eigenvalue weighted by molar-refractivity contribution is 0.594. The van der Waals surface area contributed by atoms with E-state index >= 15 is 0 Å². The summed E-state index contributed by atoms with van der Waals surface area (Å²) in [6, 6.07) is 8.36. The molecule has 0 aliphatic heterocycles. The summed E-state index contributed by atoms with van der Waals surface area (Å²) >= 11 is 3.21. The Bertz CT molecular complexity index is 804. The standard InChI is InChI=1S/C14H16BrN3O3S/c1-18-14(19)13(15)12(10-17-18)16-8-5-9-22(20,21)11-6-3-2-4-7-11/h2-4,6-7,10,16H,5,8-9H2,1H3. The first-order chi connectivity index (χ1) is 10.4. The van der Waals surface area contributed by atoms with Crippen molar-refractivity contribution in [2.24, 2.45) is 7.05 Å². The van der Waals surface area contributed by atoms with Crippen LogP contribution in [0.4, 0.5) is 5.69 Å². The van der Waals surface area contributed by atoms with Crippen molar-refractivity contribution in [3.8, 4) is 0 Å². The van der Waals surface area contributed by atoms with Crippen LogP contribution >= 0.6 is 15.9 Å². The molecule has 0 aliphatic carbocycles. The Morgan fingerprint density at radius 2 is 1.95 bits per heavy atom. The molecule has 1 heterocycles. The summed E-state index contributed by atoms with van der Waals surface area (Å²) in [6.45, 7) is 0.430. The second kappa shape index (κ2) is 7.06. The molecule has 0 atom stereocenters. The average molecular weight is 386 g/mol. The molecule has 2 aromatic rings. The molecule has 1 aromatic carbocycles. The Morgan fingerprint density at radius 1 is 1.27 bits per heavy atom. The van der Waals surface area contributed by atoms with Gasteiger partial charge in [0.05, 0.1) is 22.5 Å². The van der Waals surface area contributed by atoms with E-state index in [1.807, 2.05) is 0 Å². The van der Waals surface area contributed by atoms with Crippen LogP contribution in [-0.4, -0.2) is 30.5 Å². The van der Waals surface area contributed by atoms with Gasteiger partial charge in [0.1, 0.15) is 4.47 Å². The molecule has 0 saturated carbocycles. The van der Waals surface area contributed by atoms with Gasteiger partial charge in [-0.1, -0.05) is 18.2 Å². The highest BCUT2D eigenvalue weighted by atomic mass is 79.9. The molecule has 0 saturated heterocycles. The van der Waals surface area contributed by atoms with Crippen LogP contribution in [0.2, 0.25) is 0 Å². The minimum atomic E-state index is -3.27. The quantitative estimate of drug-likeness (QED) is 0.766. The molecule has 0 bridgehead atoms. The van der Waals surface area contributed by atoms with E-state index in [-0.39, 0.29) is 11.3 Å². The van der Waals surface area contributed by atoms with Gasteiger partial charge in [0.2, 0.25) is 0 Å². The molecule has 118 valence electrons. The summed E-state index contributed by atoms with van der Waals surface area (Å²) in [5, 5.41) is 6.93. The Balaban J connectivity index is 1.93. The first-order valence-electron chi connectivity index (χ1n) is 6.65. The molecular weight excluding hydrogens is 370 g/mol. The van der Waals surface area contributed by atoms with Crippen molar-refractivity contribution in [1.82, 2.24) is 9.78 Å². The maximum absolute atomic E-state index is 12.1. The lowest BCUT2D eigenvalue weighted by Gasteiger charge is -2.09. The van der Waals surface area contributed by atoms with Crippen LogP contribution in [-0.2, 0) is 16.9 Å². The van der Waals surface area contributed by atoms with Crippen LogP contribution in [0.3, 0.4) is 0 Å². The molecule has 1 aromatic heterocycles. The molecule has 0 radical (unpaired) electrons. The third kappa shape index (κ3) is 3.95. The van der Waals surface area contributed by atoms with Crippen LogP contribution in [0.5, 0.6) is 0 Å². The number of hydrogen-bond acceptors (Lipinski definition) is 5. The summed E-state index contributed by atoms with van der Waals surface area (Å²) < 4.78 is 25.8. The third-order valence-electron chi connectivity index (χ3n) is 3.09. The fraction of sp³-hybridized carbons (Fsp3) is 0.286. The van der Waals surface area contributed by atoms with Gasteiger partial charge in [0, 0.05) is 13.6 Å². The lowest BCUT2D eigenvalue weighted by atomic mass is 10.4. The molecule has 0 fully saturated rings. The molecule has 0 spiro atoms. The second-order valence-electron chi connectivity index (χ2n) is 4.71. The van der Waals surface area contributed by atoms with Crippen LogP contribution in [0.25, 0.3) is 0 Å². The van der Waals surface area contributed by atoms with Crippen LogP contribution < -0.4 is 10.9 Å². The number of hydrogen-bond donors (Lipinski definition) is 1. The number of aromatic nitrogens is 2. The summed E-state index contributed by atoms with van der Waals surface area (Å²) in [4.78, 5) is 12.0. The number of nitrogens with one attached hydrogen (secondary N) is 1. The molecule has 8 heteroatoms. The Morgan fingerprint density at radius 3 is 2.64 bits per heavy atom. The molecular formula is C14H16BrN3O3S. The number of nitrogens with zero attached hydrogens (tertiary/aromatic N) is 2. The first kappa shape index (κ1) is 16.7. The fourth-order valence-electron chi connectivity index (χ4n) is 1.86. The summed E-state index contributed by atoms with van der Waals surface area (Å²) in [5.41, 5.74) is 0.308. The lowest BCUT2D eigenvalue weighted by Crippen LogP contribution is -2.21. The van der Waals surface area contributed by atoms with Crippen molar-refractivity contribution in [2.75, 3.05) is 17.6 Å². The largest absolute Gasteiger partial charge is 0.383 e. The molecule has 0 amide bonds. The van der Waals surface area contributed by atoms with Crippen molar-refractivity contribution in [3.05, 3.63) is 51.4 Å². The van der Waals surface area contributed by atoms with Crippen LogP contribution in [0.1, 0.15) is 6.42 Å². The predicted molar refractivity (Wildman–Crippen MR) is 88.8 cm³/mol. The maximum Gasteiger partial charge on any atom is 0.282 e. The minimum absolute atomic E-state index is 0.0416. The smallest absolute Gasteiger partial charge is 0.282 e. The van der Waals surface area contributed by atoms with Gasteiger partial charge in [-0.2, -0.15) is 5.10 Å². The number of sulfone groups is 1. The second-order valence-corrected chi connectivity index (χ2v) is 7.62. The van der Waals surface area contributed by atoms with Crippen molar-refractivity contribution in [3.63, 3.8) is 0 Å². The van der Waals surface area contributed by atoms with Crippen molar-refractivity contribution in [1.29, 1.82) is 0 Å². The molecule has 0 aliphatic rings. The van der Waals surface area contributed by atoms with Gasteiger partial charge < -0.3 is 5.32 Å². The van der Waals surface area contributed by atoms with Crippen molar-refractivity contribution < 1.29 is 8.42 Å². The number of aryl methyl sites for hydroxylation is 1. The molecule has 0 unspecified atom stereocenters. The number of benzene rings is 1. The highest BCUT2D eigenvalue weighted by Crippen LogP contribution is 2.16. The van der Waals surface area contributed by atoms with Crippen molar-refractivity contribution in [2.45, 2.75) is 11.3 Å². The predicted octanol–water partition coefficient (Wildman–Crippen LogP) is 1.82. The number of anilines is 1. The number of rotatable bonds is 6. The molecule has 6 nitrogen and oxygen atoms in total. The summed E-state index contributed by atoms with van der Waals surface area (Å²) in [6.07, 6.45) is 1.95. The van der Waals surface area contributed by atoms with E-state index in [1.54, 1.807) is 37.4 Å². The zero-order chi connectivity index (χ0) is 16.2. The normalized spacial score (nSPS) is 11.4. The Kier molecular flexibility index (Phi) is 5.36. The van der Waals surface area contributed by atoms with E-state index in [1.165, 1.54) is 10.9 Å². The molecule has 2 rings (SSSR count). The van der Waals surface area contributed by atoms with Gasteiger partial charge in [-0.3, -0.25) is 4.79 Å². The fourth-order valence-corrected chi connectivity index (χ4v) is 3.70. The van der Waals surface area contributed by atoms with Gasteiger partial charge in [-0.15, -0.1) is 0 Å². The SMILES string of the molecule is Cn1ncc(NCCCS(=O)(=O)c2ccccc2)c(Br)c1=O. The number of halogens is 1. The molecule has 1 N–H and O–H groups in total. The topological polar surface area (TPSA) is 81.1 Å². The maximum atomic E-state index is 12.1. The van der Waals surface area contributed by atoms with Crippen molar-refractivity contribution >= 4 is 31.5 Å². The first-order valence-corrected chi connectivity index (χ1v) is 9.10. The summed E-state index contributed by atoms with van der Waals surface area (Å²) in [5.74, 6) is 0.0416. The third-order valence-corrected chi connectivity index (χ3v) is 5.67. The summed E-state index contributed by atoms with van der Waals surface area (Å²) in [7, 11) is -1.71. The monoisotopic (exact) mass is 385 g/mol. The van der Waals surface area contributed by atoms with E-state index in [9.17, 15) is 13.2 Å². The van der Waals surface area contributed by atoms with Crippen LogP contribution in [0, 0.1) is 0 Å². The van der Waals surface area contributed by atoms with Gasteiger partial charge in [-0.05, 0) is 34.5 Å². The Hall–Kier alpha value is -1.67. The van der Waals surface area contributed by atoms with Crippen LogP contribution in [0.15, 0.2) is 50.7 Å². The minimum Gasteiger partial charge on any atom is -0.383 e.